The van der Waals surface area contributed by atoms with Crippen LogP contribution >= 0.6 is 0 Å². The van der Waals surface area contributed by atoms with Crippen molar-refractivity contribution in [1.82, 2.24) is 9.55 Å². The molecule has 0 saturated heterocycles. The summed E-state index contributed by atoms with van der Waals surface area (Å²) in [6.07, 6.45) is 9.48. The van der Waals surface area contributed by atoms with E-state index < -0.39 is 11.6 Å². The van der Waals surface area contributed by atoms with Crippen molar-refractivity contribution in [3.8, 4) is 0 Å². The molecule has 0 atom stereocenters. The number of rotatable bonds is 3. The van der Waals surface area contributed by atoms with Crippen LogP contribution in [0.15, 0.2) is 30.6 Å². The first-order valence-electron chi connectivity index (χ1n) is 6.99. The Morgan fingerprint density at radius 3 is 2.75 bits per heavy atom. The van der Waals surface area contributed by atoms with Gasteiger partial charge in [0.05, 0.1) is 5.69 Å². The lowest BCUT2D eigenvalue weighted by Crippen LogP contribution is -2.14. The lowest BCUT2D eigenvalue weighted by Gasteiger charge is -2.24. The van der Waals surface area contributed by atoms with Gasteiger partial charge in [0.2, 0.25) is 5.95 Å². The number of benzene rings is 1. The van der Waals surface area contributed by atoms with E-state index in [2.05, 4.69) is 10.3 Å². The SMILES string of the molecule is Fc1cccc(Nc2nccn2C2CCCCC2)c1F. The quantitative estimate of drug-likeness (QED) is 0.900. The van der Waals surface area contributed by atoms with E-state index in [-0.39, 0.29) is 5.69 Å². The molecule has 0 unspecified atom stereocenters. The van der Waals surface area contributed by atoms with Crippen LogP contribution in [0.25, 0.3) is 0 Å². The molecule has 1 aromatic carbocycles. The zero-order valence-electron chi connectivity index (χ0n) is 11.1. The summed E-state index contributed by atoms with van der Waals surface area (Å²) in [6.45, 7) is 0. The summed E-state index contributed by atoms with van der Waals surface area (Å²) < 4.78 is 28.9. The van der Waals surface area contributed by atoms with Gasteiger partial charge in [0.25, 0.3) is 0 Å². The highest BCUT2D eigenvalue weighted by atomic mass is 19.2. The number of hydrogen-bond acceptors (Lipinski definition) is 2. The lowest BCUT2D eigenvalue weighted by molar-refractivity contribution is 0.356. The molecule has 1 aromatic heterocycles. The third-order valence-corrected chi connectivity index (χ3v) is 3.83. The van der Waals surface area contributed by atoms with Crippen molar-refractivity contribution in [2.24, 2.45) is 0 Å². The largest absolute Gasteiger partial charge is 0.323 e. The first-order valence-corrected chi connectivity index (χ1v) is 6.99. The van der Waals surface area contributed by atoms with Crippen LogP contribution < -0.4 is 5.32 Å². The molecule has 0 bridgehead atoms. The molecule has 2 aromatic rings. The molecule has 1 N–H and O–H groups in total. The van der Waals surface area contributed by atoms with Crippen LogP contribution in [-0.4, -0.2) is 9.55 Å². The molecule has 0 radical (unpaired) electrons. The number of imidazole rings is 1. The molecule has 1 heterocycles. The second kappa shape index (κ2) is 5.61. The van der Waals surface area contributed by atoms with Crippen LogP contribution in [-0.2, 0) is 0 Å². The molecule has 0 spiro atoms. The van der Waals surface area contributed by atoms with Gasteiger partial charge in [-0.05, 0) is 25.0 Å². The van der Waals surface area contributed by atoms with Gasteiger partial charge in [0.15, 0.2) is 11.6 Å². The summed E-state index contributed by atoms with van der Waals surface area (Å²) in [4.78, 5) is 4.22. The van der Waals surface area contributed by atoms with Gasteiger partial charge in [0.1, 0.15) is 0 Å². The van der Waals surface area contributed by atoms with E-state index in [1.54, 1.807) is 6.20 Å². The minimum absolute atomic E-state index is 0.119. The summed E-state index contributed by atoms with van der Waals surface area (Å²) in [5.41, 5.74) is 0.119. The van der Waals surface area contributed by atoms with Crippen molar-refractivity contribution in [2.75, 3.05) is 5.32 Å². The number of anilines is 2. The van der Waals surface area contributed by atoms with E-state index in [0.29, 0.717) is 12.0 Å². The maximum Gasteiger partial charge on any atom is 0.207 e. The second-order valence-corrected chi connectivity index (χ2v) is 5.18. The topological polar surface area (TPSA) is 29.9 Å². The Morgan fingerprint density at radius 2 is 1.95 bits per heavy atom. The lowest BCUT2D eigenvalue weighted by atomic mass is 9.95. The van der Waals surface area contributed by atoms with E-state index in [9.17, 15) is 8.78 Å². The fourth-order valence-electron chi connectivity index (χ4n) is 2.78. The van der Waals surface area contributed by atoms with Crippen LogP contribution in [0.1, 0.15) is 38.1 Å². The van der Waals surface area contributed by atoms with E-state index in [4.69, 9.17) is 0 Å². The van der Waals surface area contributed by atoms with Gasteiger partial charge in [-0.1, -0.05) is 25.3 Å². The Hall–Kier alpha value is -1.91. The van der Waals surface area contributed by atoms with E-state index in [1.807, 2.05) is 10.8 Å². The first kappa shape index (κ1) is 13.1. The molecule has 1 fully saturated rings. The summed E-state index contributed by atoms with van der Waals surface area (Å²) in [6, 6.07) is 4.49. The van der Waals surface area contributed by atoms with Gasteiger partial charge in [0, 0.05) is 18.4 Å². The molecular weight excluding hydrogens is 260 g/mol. The molecule has 1 saturated carbocycles. The fraction of sp³-hybridized carbons (Fsp3) is 0.400. The van der Waals surface area contributed by atoms with E-state index >= 15 is 0 Å². The zero-order valence-corrected chi connectivity index (χ0v) is 11.1. The van der Waals surface area contributed by atoms with Crippen LogP contribution in [0.2, 0.25) is 0 Å². The van der Waals surface area contributed by atoms with Crippen LogP contribution in [0.4, 0.5) is 20.4 Å². The summed E-state index contributed by atoms with van der Waals surface area (Å²) >= 11 is 0. The van der Waals surface area contributed by atoms with Crippen LogP contribution in [0, 0.1) is 11.6 Å². The normalized spacial score (nSPS) is 16.3. The van der Waals surface area contributed by atoms with Crippen LogP contribution in [0.5, 0.6) is 0 Å². The van der Waals surface area contributed by atoms with E-state index in [1.165, 1.54) is 31.4 Å². The predicted molar refractivity (Wildman–Crippen MR) is 74.0 cm³/mol. The molecular formula is C15H17F2N3. The van der Waals surface area contributed by atoms with E-state index in [0.717, 1.165) is 18.9 Å². The van der Waals surface area contributed by atoms with Crippen molar-refractivity contribution in [2.45, 2.75) is 38.1 Å². The molecule has 0 aliphatic heterocycles. The Labute approximate surface area is 116 Å². The maximum atomic E-state index is 13.7. The van der Waals surface area contributed by atoms with Gasteiger partial charge in [-0.3, -0.25) is 0 Å². The highest BCUT2D eigenvalue weighted by Gasteiger charge is 2.18. The average molecular weight is 277 g/mol. The monoisotopic (exact) mass is 277 g/mol. The molecule has 0 amide bonds. The molecule has 1 aliphatic rings. The fourth-order valence-corrected chi connectivity index (χ4v) is 2.78. The Bertz CT molecular complexity index is 589. The van der Waals surface area contributed by atoms with Crippen molar-refractivity contribution < 1.29 is 8.78 Å². The van der Waals surface area contributed by atoms with Crippen molar-refractivity contribution >= 4 is 11.6 Å². The Balaban J connectivity index is 1.84. The van der Waals surface area contributed by atoms with Gasteiger partial charge in [-0.25, -0.2) is 13.8 Å². The highest BCUT2D eigenvalue weighted by Crippen LogP contribution is 2.31. The summed E-state index contributed by atoms with van der Waals surface area (Å²) in [5.74, 6) is -1.15. The maximum absolute atomic E-state index is 13.7. The molecule has 20 heavy (non-hydrogen) atoms. The standard InChI is InChI=1S/C15H17F2N3/c16-12-7-4-8-13(14(12)17)19-15-18-9-10-20(15)11-5-2-1-3-6-11/h4,7-11H,1-3,5-6H2,(H,18,19). The minimum atomic E-state index is -0.870. The number of nitrogens with zero attached hydrogens (tertiary/aromatic N) is 2. The zero-order chi connectivity index (χ0) is 13.9. The number of halogens is 2. The third kappa shape index (κ3) is 2.53. The molecule has 3 rings (SSSR count). The Kier molecular flexibility index (Phi) is 3.67. The molecule has 106 valence electrons. The summed E-state index contributed by atoms with van der Waals surface area (Å²) in [7, 11) is 0. The van der Waals surface area contributed by atoms with Crippen molar-refractivity contribution in [3.63, 3.8) is 0 Å². The smallest absolute Gasteiger partial charge is 0.207 e. The average Bonchev–Trinajstić information content (AvgIpc) is 2.93. The van der Waals surface area contributed by atoms with Gasteiger partial charge in [-0.2, -0.15) is 0 Å². The number of aromatic nitrogens is 2. The molecule has 1 aliphatic carbocycles. The van der Waals surface area contributed by atoms with Crippen LogP contribution in [0.3, 0.4) is 0 Å². The first-order chi connectivity index (χ1) is 9.75. The van der Waals surface area contributed by atoms with Crippen molar-refractivity contribution in [1.29, 1.82) is 0 Å². The predicted octanol–water partition coefficient (Wildman–Crippen LogP) is 4.41. The second-order valence-electron chi connectivity index (χ2n) is 5.18. The minimum Gasteiger partial charge on any atom is -0.323 e. The summed E-state index contributed by atoms with van der Waals surface area (Å²) in [5, 5.41) is 2.90. The number of hydrogen-bond donors (Lipinski definition) is 1. The van der Waals surface area contributed by atoms with Crippen molar-refractivity contribution in [3.05, 3.63) is 42.2 Å². The van der Waals surface area contributed by atoms with Gasteiger partial charge in [-0.15, -0.1) is 0 Å². The third-order valence-electron chi connectivity index (χ3n) is 3.83. The molecule has 3 nitrogen and oxygen atoms in total. The highest BCUT2D eigenvalue weighted by molar-refractivity contribution is 5.54. The van der Waals surface area contributed by atoms with Gasteiger partial charge >= 0.3 is 0 Å². The number of nitrogens with one attached hydrogen (secondary N) is 1. The van der Waals surface area contributed by atoms with Gasteiger partial charge < -0.3 is 9.88 Å². The Morgan fingerprint density at radius 1 is 1.15 bits per heavy atom. The molecule has 5 heteroatoms.